The van der Waals surface area contributed by atoms with Gasteiger partial charge >= 0.3 is 0 Å². The number of hydrogen-bond donors (Lipinski definition) is 0. The number of piperidine rings is 1. The molecule has 0 saturated carbocycles. The average molecular weight is 450 g/mol. The molecule has 0 N–H and O–H groups in total. The van der Waals surface area contributed by atoms with E-state index in [0.29, 0.717) is 12.4 Å². The van der Waals surface area contributed by atoms with E-state index >= 15 is 0 Å². The first kappa shape index (κ1) is 21.8. The second-order valence-corrected chi connectivity index (χ2v) is 8.49. The van der Waals surface area contributed by atoms with Gasteiger partial charge in [-0.05, 0) is 30.5 Å². The van der Waals surface area contributed by atoms with Gasteiger partial charge in [-0.1, -0.05) is 66.7 Å². The highest BCUT2D eigenvalue weighted by atomic mass is 16.2. The van der Waals surface area contributed by atoms with Gasteiger partial charge < -0.3 is 4.90 Å². The molecule has 3 heterocycles. The third kappa shape index (κ3) is 4.96. The van der Waals surface area contributed by atoms with Crippen LogP contribution in [-0.2, 0) is 11.3 Å². The molecule has 0 bridgehead atoms. The highest BCUT2D eigenvalue weighted by Crippen LogP contribution is 2.27. The van der Waals surface area contributed by atoms with E-state index in [9.17, 15) is 4.79 Å². The smallest absolute Gasteiger partial charge is 0.231 e. The summed E-state index contributed by atoms with van der Waals surface area (Å²) in [5, 5.41) is 0. The number of carbonyl (C=O) groups excluding carboxylic acids is 1. The van der Waals surface area contributed by atoms with Crippen molar-refractivity contribution in [2.24, 2.45) is 5.92 Å². The van der Waals surface area contributed by atoms with Gasteiger partial charge in [0.25, 0.3) is 0 Å². The number of anilines is 2. The largest absolute Gasteiger partial charge is 0.356 e. The van der Waals surface area contributed by atoms with Gasteiger partial charge in [0.1, 0.15) is 18.0 Å². The molecule has 1 fully saturated rings. The molecule has 0 unspecified atom stereocenters. The van der Waals surface area contributed by atoms with E-state index in [1.807, 2.05) is 77.7 Å². The predicted octanol–water partition coefficient (Wildman–Crippen LogP) is 4.99. The minimum absolute atomic E-state index is 0.0441. The van der Waals surface area contributed by atoms with Gasteiger partial charge in [-0.2, -0.15) is 0 Å². The van der Waals surface area contributed by atoms with Gasteiger partial charge in [0.2, 0.25) is 5.91 Å². The Morgan fingerprint density at radius 2 is 1.56 bits per heavy atom. The second kappa shape index (κ2) is 10.3. The summed E-state index contributed by atoms with van der Waals surface area (Å²) in [7, 11) is 0. The summed E-state index contributed by atoms with van der Waals surface area (Å²) in [5.74, 6) is 1.69. The van der Waals surface area contributed by atoms with Crippen molar-refractivity contribution in [2.75, 3.05) is 22.9 Å². The Bertz CT molecular complexity index is 1210. The SMILES string of the molecule is O=C(C1CCN(c2cc(-c3ccccc3)ncn2)CC1)N(Cc1ccccc1)c1ccccn1. The van der Waals surface area contributed by atoms with Crippen molar-refractivity contribution in [3.05, 3.63) is 103 Å². The van der Waals surface area contributed by atoms with Crippen molar-refractivity contribution in [2.45, 2.75) is 19.4 Å². The summed E-state index contributed by atoms with van der Waals surface area (Å²) in [4.78, 5) is 31.1. The molecule has 2 aromatic carbocycles. The molecular formula is C28H27N5O. The Morgan fingerprint density at radius 1 is 0.853 bits per heavy atom. The fourth-order valence-corrected chi connectivity index (χ4v) is 4.41. The summed E-state index contributed by atoms with van der Waals surface area (Å²) < 4.78 is 0. The van der Waals surface area contributed by atoms with Crippen LogP contribution in [0.25, 0.3) is 11.3 Å². The van der Waals surface area contributed by atoms with E-state index in [0.717, 1.165) is 48.6 Å². The maximum absolute atomic E-state index is 13.6. The molecule has 1 aliphatic rings. The zero-order chi connectivity index (χ0) is 23.2. The van der Waals surface area contributed by atoms with Gasteiger partial charge in [0, 0.05) is 36.8 Å². The van der Waals surface area contributed by atoms with Crippen LogP contribution in [0.2, 0.25) is 0 Å². The van der Waals surface area contributed by atoms with E-state index in [1.54, 1.807) is 12.5 Å². The third-order valence-electron chi connectivity index (χ3n) is 6.27. The Balaban J connectivity index is 1.29. The zero-order valence-corrected chi connectivity index (χ0v) is 19.0. The monoisotopic (exact) mass is 449 g/mol. The highest BCUT2D eigenvalue weighted by molar-refractivity contribution is 5.94. The van der Waals surface area contributed by atoms with Crippen molar-refractivity contribution in [1.29, 1.82) is 0 Å². The maximum Gasteiger partial charge on any atom is 0.231 e. The van der Waals surface area contributed by atoms with Gasteiger partial charge in [0.15, 0.2) is 0 Å². The van der Waals surface area contributed by atoms with E-state index in [1.165, 1.54) is 0 Å². The van der Waals surface area contributed by atoms with Crippen LogP contribution in [0.4, 0.5) is 11.6 Å². The molecule has 0 spiro atoms. The maximum atomic E-state index is 13.6. The first-order valence-electron chi connectivity index (χ1n) is 11.7. The third-order valence-corrected chi connectivity index (χ3v) is 6.27. The molecule has 6 heteroatoms. The normalized spacial score (nSPS) is 14.1. The number of benzene rings is 2. The first-order valence-corrected chi connectivity index (χ1v) is 11.7. The Labute approximate surface area is 199 Å². The number of aromatic nitrogens is 3. The number of carbonyl (C=O) groups is 1. The minimum Gasteiger partial charge on any atom is -0.356 e. The molecule has 0 aliphatic carbocycles. The fraction of sp³-hybridized carbons (Fsp3) is 0.214. The van der Waals surface area contributed by atoms with E-state index in [4.69, 9.17) is 0 Å². The van der Waals surface area contributed by atoms with Crippen LogP contribution in [0.15, 0.2) is 97.5 Å². The van der Waals surface area contributed by atoms with Crippen molar-refractivity contribution in [3.63, 3.8) is 0 Å². The molecule has 6 nitrogen and oxygen atoms in total. The van der Waals surface area contributed by atoms with Crippen molar-refractivity contribution in [1.82, 2.24) is 15.0 Å². The summed E-state index contributed by atoms with van der Waals surface area (Å²) in [6, 6.07) is 27.9. The van der Waals surface area contributed by atoms with Crippen LogP contribution >= 0.6 is 0 Å². The standard InChI is InChI=1S/C28H27N5O/c34-28(33(26-13-7-8-16-29-26)20-22-9-3-1-4-10-22)24-14-17-32(18-15-24)27-19-25(30-21-31-27)23-11-5-2-6-12-23/h1-13,16,19,21,24H,14-15,17-18,20H2. The minimum atomic E-state index is -0.0441. The Hall–Kier alpha value is -4.06. The van der Waals surface area contributed by atoms with Crippen LogP contribution < -0.4 is 9.80 Å². The molecule has 5 rings (SSSR count). The Morgan fingerprint density at radius 3 is 2.26 bits per heavy atom. The van der Waals surface area contributed by atoms with Crippen LogP contribution in [0.5, 0.6) is 0 Å². The van der Waals surface area contributed by atoms with E-state index < -0.39 is 0 Å². The lowest BCUT2D eigenvalue weighted by atomic mass is 9.94. The lowest BCUT2D eigenvalue weighted by Crippen LogP contribution is -2.43. The predicted molar refractivity (Wildman–Crippen MR) is 134 cm³/mol. The lowest BCUT2D eigenvalue weighted by Gasteiger charge is -2.34. The van der Waals surface area contributed by atoms with E-state index in [-0.39, 0.29) is 11.8 Å². The number of nitrogens with zero attached hydrogens (tertiary/aromatic N) is 5. The average Bonchev–Trinajstić information content (AvgIpc) is 2.93. The first-order chi connectivity index (χ1) is 16.8. The van der Waals surface area contributed by atoms with Gasteiger partial charge in [0.05, 0.1) is 12.2 Å². The lowest BCUT2D eigenvalue weighted by molar-refractivity contribution is -0.123. The summed E-state index contributed by atoms with van der Waals surface area (Å²) in [5.41, 5.74) is 3.07. The number of pyridine rings is 1. The van der Waals surface area contributed by atoms with Crippen molar-refractivity contribution in [3.8, 4) is 11.3 Å². The molecule has 0 atom stereocenters. The van der Waals surface area contributed by atoms with Crippen LogP contribution in [0.1, 0.15) is 18.4 Å². The van der Waals surface area contributed by atoms with Gasteiger partial charge in [-0.3, -0.25) is 9.69 Å². The van der Waals surface area contributed by atoms with E-state index in [2.05, 4.69) is 32.0 Å². The number of hydrogen-bond acceptors (Lipinski definition) is 5. The quantitative estimate of drug-likeness (QED) is 0.415. The summed E-state index contributed by atoms with van der Waals surface area (Å²) >= 11 is 0. The second-order valence-electron chi connectivity index (χ2n) is 8.49. The van der Waals surface area contributed by atoms with Crippen LogP contribution in [0.3, 0.4) is 0 Å². The van der Waals surface area contributed by atoms with Gasteiger partial charge in [-0.15, -0.1) is 0 Å². The molecule has 1 aliphatic heterocycles. The number of rotatable bonds is 6. The van der Waals surface area contributed by atoms with Crippen molar-refractivity contribution >= 4 is 17.5 Å². The summed E-state index contributed by atoms with van der Waals surface area (Å²) in [6.45, 7) is 2.08. The summed E-state index contributed by atoms with van der Waals surface area (Å²) in [6.07, 6.45) is 4.92. The number of amides is 1. The molecule has 170 valence electrons. The Kier molecular flexibility index (Phi) is 6.56. The zero-order valence-electron chi connectivity index (χ0n) is 19.0. The molecule has 0 radical (unpaired) electrons. The van der Waals surface area contributed by atoms with Crippen molar-refractivity contribution < 1.29 is 4.79 Å². The van der Waals surface area contributed by atoms with Gasteiger partial charge in [-0.25, -0.2) is 15.0 Å². The molecule has 34 heavy (non-hydrogen) atoms. The highest BCUT2D eigenvalue weighted by Gasteiger charge is 2.30. The topological polar surface area (TPSA) is 62.2 Å². The van der Waals surface area contributed by atoms with Crippen LogP contribution in [0, 0.1) is 5.92 Å². The molecular weight excluding hydrogens is 422 g/mol. The molecule has 1 amide bonds. The molecule has 4 aromatic rings. The van der Waals surface area contributed by atoms with Crippen LogP contribution in [-0.4, -0.2) is 33.9 Å². The fourth-order valence-electron chi connectivity index (χ4n) is 4.41. The molecule has 1 saturated heterocycles. The molecule has 2 aromatic heterocycles.